The van der Waals surface area contributed by atoms with Crippen molar-refractivity contribution in [1.82, 2.24) is 5.32 Å². The van der Waals surface area contributed by atoms with Crippen LogP contribution < -0.4 is 5.32 Å². The summed E-state index contributed by atoms with van der Waals surface area (Å²) in [5, 5.41) is 2.69. The van der Waals surface area contributed by atoms with Gasteiger partial charge in [-0.2, -0.15) is 8.42 Å². The zero-order chi connectivity index (χ0) is 12.1. The van der Waals surface area contributed by atoms with Crippen LogP contribution in [-0.4, -0.2) is 25.2 Å². The Kier molecular flexibility index (Phi) is 4.49. The second kappa shape index (κ2) is 5.65. The molecule has 2 unspecified atom stereocenters. The normalized spacial score (nSPS) is 20.6. The molecule has 0 heterocycles. The number of allylic oxidation sites excluding steroid dienone is 2. The second-order valence-electron chi connectivity index (χ2n) is 3.68. The van der Waals surface area contributed by atoms with Crippen LogP contribution in [0.2, 0.25) is 0 Å². The first kappa shape index (κ1) is 12.7. The molecule has 0 spiro atoms. The van der Waals surface area contributed by atoms with Crippen molar-refractivity contribution in [3.05, 3.63) is 24.3 Å². The maximum atomic E-state index is 11.6. The summed E-state index contributed by atoms with van der Waals surface area (Å²) in [7, 11) is -2.30. The first-order valence-electron chi connectivity index (χ1n) is 5.17. The molecule has 88 valence electrons. The Balaban J connectivity index is 2.82. The van der Waals surface area contributed by atoms with Crippen molar-refractivity contribution in [2.45, 2.75) is 26.3 Å². The van der Waals surface area contributed by atoms with E-state index in [0.717, 1.165) is 6.42 Å². The molecule has 0 radical (unpaired) electrons. The Morgan fingerprint density at radius 1 is 1.50 bits per heavy atom. The number of carbonyl (C=O) groups excluding carboxylic acids is 1. The van der Waals surface area contributed by atoms with Gasteiger partial charge in [0.05, 0.1) is 10.9 Å². The number of hydrogen-bond acceptors (Lipinski definition) is 3. The van der Waals surface area contributed by atoms with Crippen molar-refractivity contribution < 1.29 is 13.2 Å². The monoisotopic (exact) mass is 241 g/mol. The molecule has 0 aromatic rings. The Morgan fingerprint density at radius 2 is 2.19 bits per heavy atom. The lowest BCUT2D eigenvalue weighted by Gasteiger charge is -2.18. The molecule has 1 rings (SSSR count). The maximum absolute atomic E-state index is 11.6. The third-order valence-corrected chi connectivity index (χ3v) is 3.31. The predicted molar refractivity (Wildman–Crippen MR) is 63.6 cm³/mol. The van der Waals surface area contributed by atoms with E-state index in [0.29, 0.717) is 0 Å². The molecule has 1 aliphatic rings. The number of nitrogens with one attached hydrogen (secondary N) is 1. The summed E-state index contributed by atoms with van der Waals surface area (Å²) in [5.74, 6) is -0.240. The molecule has 0 aromatic carbocycles. The largest absolute Gasteiger partial charge is 0.345 e. The highest BCUT2D eigenvalue weighted by atomic mass is 32.2. The molecule has 1 N–H and O–H groups in total. The van der Waals surface area contributed by atoms with Gasteiger partial charge in [-0.3, -0.25) is 4.79 Å². The third kappa shape index (κ3) is 3.06. The zero-order valence-electron chi connectivity index (χ0n) is 9.30. The van der Waals surface area contributed by atoms with E-state index in [4.69, 9.17) is 0 Å². The second-order valence-corrected chi connectivity index (χ2v) is 4.62. The summed E-state index contributed by atoms with van der Waals surface area (Å²) in [6.45, 7) is 3.72. The van der Waals surface area contributed by atoms with Crippen molar-refractivity contribution in [2.75, 3.05) is 0 Å². The molecule has 0 aromatic heterocycles. The predicted octanol–water partition coefficient (Wildman–Crippen LogP) is 0.695. The first-order chi connectivity index (χ1) is 7.56. The van der Waals surface area contributed by atoms with Gasteiger partial charge in [0.15, 0.2) is 0 Å². The van der Waals surface area contributed by atoms with E-state index < -0.39 is 16.3 Å². The van der Waals surface area contributed by atoms with Crippen LogP contribution in [0.25, 0.3) is 0 Å². The quantitative estimate of drug-likeness (QED) is 0.740. The summed E-state index contributed by atoms with van der Waals surface area (Å²) in [6, 6.07) is -0.537. The van der Waals surface area contributed by atoms with Gasteiger partial charge in [-0.15, -0.1) is 0 Å². The molecule has 0 saturated carbocycles. The van der Waals surface area contributed by atoms with Crippen molar-refractivity contribution in [1.29, 1.82) is 0 Å². The summed E-state index contributed by atoms with van der Waals surface area (Å²) in [5.41, 5.74) is 0. The number of carbonyl (C=O) groups is 1. The number of amides is 1. The van der Waals surface area contributed by atoms with Crippen LogP contribution in [0.1, 0.15) is 20.3 Å². The van der Waals surface area contributed by atoms with E-state index in [2.05, 4.69) is 5.32 Å². The van der Waals surface area contributed by atoms with E-state index in [-0.39, 0.29) is 16.7 Å². The lowest BCUT2D eigenvalue weighted by molar-refractivity contribution is -0.124. The molecule has 1 amide bonds. The van der Waals surface area contributed by atoms with Gasteiger partial charge in [0.25, 0.3) is 0 Å². The van der Waals surface area contributed by atoms with Crippen LogP contribution in [0.3, 0.4) is 0 Å². The van der Waals surface area contributed by atoms with Gasteiger partial charge in [-0.25, -0.2) is 0 Å². The van der Waals surface area contributed by atoms with Gasteiger partial charge in [0.1, 0.15) is 0 Å². The number of rotatable bonds is 3. The summed E-state index contributed by atoms with van der Waals surface area (Å²) in [6.07, 6.45) is 7.24. The Hall–Kier alpha value is -1.36. The Bertz CT molecular complexity index is 452. The third-order valence-electron chi connectivity index (χ3n) is 2.53. The average molecular weight is 241 g/mol. The molecule has 2 atom stereocenters. The minimum Gasteiger partial charge on any atom is -0.345 e. The van der Waals surface area contributed by atoms with Crippen LogP contribution in [0.5, 0.6) is 0 Å². The smallest absolute Gasteiger partial charge is 0.223 e. The molecule has 0 bridgehead atoms. The van der Waals surface area contributed by atoms with Crippen molar-refractivity contribution >= 4 is 21.1 Å². The highest BCUT2D eigenvalue weighted by Gasteiger charge is 2.19. The molecule has 1 aliphatic carbocycles. The van der Waals surface area contributed by atoms with E-state index in [1.807, 2.05) is 13.8 Å². The Morgan fingerprint density at radius 3 is 2.75 bits per heavy atom. The molecular weight excluding hydrogens is 226 g/mol. The lowest BCUT2D eigenvalue weighted by Crippen LogP contribution is -2.42. The summed E-state index contributed by atoms with van der Waals surface area (Å²) >= 11 is 0. The fourth-order valence-corrected chi connectivity index (χ4v) is 1.82. The van der Waals surface area contributed by atoms with E-state index in [1.54, 1.807) is 18.2 Å². The minimum atomic E-state index is -2.30. The molecule has 0 aliphatic heterocycles. The van der Waals surface area contributed by atoms with E-state index >= 15 is 0 Å². The molecule has 16 heavy (non-hydrogen) atoms. The standard InChI is InChI=1S/C11H15NO3S/c1-3-8(2)11(13)12-9-6-4-5-7-10(9)16(14)15/h4-9H,3H2,1-2H3,(H,12,13). The van der Waals surface area contributed by atoms with Crippen LogP contribution >= 0.6 is 0 Å². The van der Waals surface area contributed by atoms with Crippen LogP contribution in [0.15, 0.2) is 24.3 Å². The molecule has 5 heteroatoms. The minimum absolute atomic E-state index is 0.111. The highest BCUT2D eigenvalue weighted by Crippen LogP contribution is 2.05. The average Bonchev–Trinajstić information content (AvgIpc) is 2.28. The van der Waals surface area contributed by atoms with Crippen LogP contribution in [0, 0.1) is 5.92 Å². The molecular formula is C11H15NO3S. The Labute approximate surface area is 96.6 Å². The molecule has 4 nitrogen and oxygen atoms in total. The van der Waals surface area contributed by atoms with E-state index in [9.17, 15) is 13.2 Å². The molecule has 0 saturated heterocycles. The van der Waals surface area contributed by atoms with Gasteiger partial charge >= 0.3 is 0 Å². The maximum Gasteiger partial charge on any atom is 0.223 e. The zero-order valence-corrected chi connectivity index (χ0v) is 10.1. The van der Waals surface area contributed by atoms with Gasteiger partial charge in [0, 0.05) is 5.92 Å². The van der Waals surface area contributed by atoms with Crippen molar-refractivity contribution in [3.63, 3.8) is 0 Å². The van der Waals surface area contributed by atoms with Crippen LogP contribution in [0.4, 0.5) is 0 Å². The van der Waals surface area contributed by atoms with Crippen LogP contribution in [-0.2, 0) is 15.1 Å². The number of hydrogen-bond donors (Lipinski definition) is 1. The van der Waals surface area contributed by atoms with Gasteiger partial charge < -0.3 is 5.32 Å². The molecule has 0 fully saturated rings. The summed E-state index contributed by atoms with van der Waals surface area (Å²) in [4.78, 5) is 11.8. The van der Waals surface area contributed by atoms with Gasteiger partial charge in [0.2, 0.25) is 16.2 Å². The highest BCUT2D eigenvalue weighted by molar-refractivity contribution is 7.73. The topological polar surface area (TPSA) is 63.2 Å². The van der Waals surface area contributed by atoms with Crippen molar-refractivity contribution in [3.8, 4) is 0 Å². The van der Waals surface area contributed by atoms with Gasteiger partial charge in [-0.1, -0.05) is 32.1 Å². The first-order valence-corrected chi connectivity index (χ1v) is 6.25. The fourth-order valence-electron chi connectivity index (χ4n) is 1.28. The fraction of sp³-hybridized carbons (Fsp3) is 0.455. The SMILES string of the molecule is CCC(C)C(=O)NC1C=CC=CC1=S(=O)=O. The lowest BCUT2D eigenvalue weighted by atomic mass is 10.1. The van der Waals surface area contributed by atoms with Crippen molar-refractivity contribution in [2.24, 2.45) is 5.92 Å². The van der Waals surface area contributed by atoms with Gasteiger partial charge in [-0.05, 0) is 12.5 Å². The summed E-state index contributed by atoms with van der Waals surface area (Å²) < 4.78 is 21.8. The van der Waals surface area contributed by atoms with E-state index in [1.165, 1.54) is 6.08 Å².